The molecule has 0 unspecified atom stereocenters. The van der Waals surface area contributed by atoms with Crippen molar-refractivity contribution in [3.8, 4) is 0 Å². The maximum Gasteiger partial charge on any atom is 0.282 e. The molecule has 6 heteroatoms. The molecule has 0 bridgehead atoms. The van der Waals surface area contributed by atoms with Crippen LogP contribution in [0, 0.1) is 20.8 Å². The molecule has 0 radical (unpaired) electrons. The highest BCUT2D eigenvalue weighted by molar-refractivity contribution is 6.45. The average Bonchev–Trinajstić information content (AvgIpc) is 2.99. The van der Waals surface area contributed by atoms with Crippen molar-refractivity contribution < 1.29 is 9.59 Å². The number of nitrogens with zero attached hydrogens (tertiary/aromatic N) is 3. The Bertz CT molecular complexity index is 1080. The zero-order valence-corrected chi connectivity index (χ0v) is 19.3. The van der Waals surface area contributed by atoms with E-state index >= 15 is 0 Å². The highest BCUT2D eigenvalue weighted by Gasteiger charge is 2.43. The van der Waals surface area contributed by atoms with Crippen molar-refractivity contribution in [3.63, 3.8) is 0 Å². The molecule has 2 aromatic carbocycles. The molecular weight excluding hydrogens is 410 g/mol. The van der Waals surface area contributed by atoms with Gasteiger partial charge in [-0.1, -0.05) is 42.3 Å². The molecule has 4 rings (SSSR count). The van der Waals surface area contributed by atoms with Crippen molar-refractivity contribution in [3.05, 3.63) is 69.4 Å². The van der Waals surface area contributed by atoms with Gasteiger partial charge in [0, 0.05) is 31.2 Å². The maximum absolute atomic E-state index is 13.7. The Morgan fingerprint density at radius 2 is 1.58 bits per heavy atom. The van der Waals surface area contributed by atoms with Crippen LogP contribution in [0.5, 0.6) is 0 Å². The van der Waals surface area contributed by atoms with E-state index in [1.165, 1.54) is 4.90 Å². The van der Waals surface area contributed by atoms with Crippen LogP contribution in [0.4, 0.5) is 5.69 Å². The number of anilines is 1. The summed E-state index contributed by atoms with van der Waals surface area (Å²) < 4.78 is 0. The van der Waals surface area contributed by atoms with E-state index < -0.39 is 0 Å². The van der Waals surface area contributed by atoms with E-state index in [2.05, 4.69) is 22.8 Å². The third kappa shape index (κ3) is 3.88. The summed E-state index contributed by atoms with van der Waals surface area (Å²) in [5.41, 5.74) is 5.35. The van der Waals surface area contributed by atoms with Crippen LogP contribution in [-0.2, 0) is 9.59 Å². The van der Waals surface area contributed by atoms with Crippen LogP contribution in [0.1, 0.15) is 29.2 Å². The number of benzene rings is 2. The van der Waals surface area contributed by atoms with Gasteiger partial charge in [-0.3, -0.25) is 9.59 Å². The summed E-state index contributed by atoms with van der Waals surface area (Å²) in [6, 6.07) is 11.3. The number of carbonyl (C=O) groups excluding carboxylic acids is 2. The number of amides is 2. The number of hydrogen-bond acceptors (Lipinski definition) is 4. The molecule has 2 aliphatic heterocycles. The van der Waals surface area contributed by atoms with Crippen molar-refractivity contribution in [2.75, 3.05) is 37.6 Å². The van der Waals surface area contributed by atoms with Gasteiger partial charge in [0.2, 0.25) is 0 Å². The minimum absolute atomic E-state index is 0.254. The Balaban J connectivity index is 1.83. The smallest absolute Gasteiger partial charge is 0.282 e. The van der Waals surface area contributed by atoms with E-state index in [1.807, 2.05) is 32.9 Å². The van der Waals surface area contributed by atoms with Gasteiger partial charge in [0.05, 0.1) is 11.3 Å². The lowest BCUT2D eigenvalue weighted by molar-refractivity contribution is -0.120. The molecule has 0 saturated carbocycles. The molecule has 2 aliphatic rings. The number of aryl methyl sites for hydroxylation is 3. The second-order valence-electron chi connectivity index (χ2n) is 8.34. The van der Waals surface area contributed by atoms with Crippen LogP contribution in [0.2, 0.25) is 5.02 Å². The van der Waals surface area contributed by atoms with Gasteiger partial charge in [-0.25, -0.2) is 4.90 Å². The molecule has 1 fully saturated rings. The molecular formula is C25H28ClN3O2. The highest BCUT2D eigenvalue weighted by atomic mass is 35.5. The summed E-state index contributed by atoms with van der Waals surface area (Å²) in [6.07, 6.45) is 0. The summed E-state index contributed by atoms with van der Waals surface area (Å²) in [5.74, 6) is -0.523. The van der Waals surface area contributed by atoms with Crippen molar-refractivity contribution in [2.24, 2.45) is 0 Å². The molecule has 0 atom stereocenters. The third-order valence-electron chi connectivity index (χ3n) is 6.25. The van der Waals surface area contributed by atoms with Crippen molar-refractivity contribution >= 4 is 34.7 Å². The summed E-state index contributed by atoms with van der Waals surface area (Å²) in [4.78, 5) is 33.2. The molecule has 162 valence electrons. The lowest BCUT2D eigenvalue weighted by atomic mass is 9.97. The number of imide groups is 1. The van der Waals surface area contributed by atoms with Gasteiger partial charge in [-0.15, -0.1) is 0 Å². The minimum atomic E-state index is -0.268. The zero-order chi connectivity index (χ0) is 22.3. The van der Waals surface area contributed by atoms with Gasteiger partial charge in [0.1, 0.15) is 5.70 Å². The normalized spacial score (nSPS) is 17.8. The molecule has 0 spiro atoms. The Hall–Kier alpha value is -2.63. The number of piperazine rings is 1. The second-order valence-corrected chi connectivity index (χ2v) is 8.78. The molecule has 2 amide bonds. The number of carbonyl (C=O) groups is 2. The topological polar surface area (TPSA) is 43.9 Å². The summed E-state index contributed by atoms with van der Waals surface area (Å²) in [5, 5.41) is 0.582. The predicted molar refractivity (Wildman–Crippen MR) is 125 cm³/mol. The van der Waals surface area contributed by atoms with E-state index in [0.717, 1.165) is 55.0 Å². The van der Waals surface area contributed by atoms with Gasteiger partial charge in [-0.05, 0) is 62.2 Å². The Labute approximate surface area is 188 Å². The zero-order valence-electron chi connectivity index (χ0n) is 18.5. The third-order valence-corrected chi connectivity index (χ3v) is 6.48. The van der Waals surface area contributed by atoms with E-state index in [-0.39, 0.29) is 11.8 Å². The molecule has 0 aromatic heterocycles. The van der Waals surface area contributed by atoms with Crippen LogP contribution in [0.25, 0.3) is 5.57 Å². The Morgan fingerprint density at radius 1 is 0.871 bits per heavy atom. The quantitative estimate of drug-likeness (QED) is 0.673. The largest absolute Gasteiger partial charge is 0.364 e. The molecule has 1 saturated heterocycles. The molecule has 2 heterocycles. The van der Waals surface area contributed by atoms with Gasteiger partial charge in [0.15, 0.2) is 0 Å². The van der Waals surface area contributed by atoms with Gasteiger partial charge < -0.3 is 9.80 Å². The van der Waals surface area contributed by atoms with Crippen molar-refractivity contribution in [1.29, 1.82) is 0 Å². The number of rotatable bonds is 4. The molecule has 5 nitrogen and oxygen atoms in total. The monoisotopic (exact) mass is 437 g/mol. The summed E-state index contributed by atoms with van der Waals surface area (Å²) >= 11 is 6.12. The van der Waals surface area contributed by atoms with E-state index in [4.69, 9.17) is 11.6 Å². The first kappa shape index (κ1) is 21.6. The number of hydrogen-bond donors (Lipinski definition) is 0. The Kier molecular flexibility index (Phi) is 5.91. The van der Waals surface area contributed by atoms with E-state index in [9.17, 15) is 9.59 Å². The average molecular weight is 438 g/mol. The first-order valence-electron chi connectivity index (χ1n) is 10.8. The van der Waals surface area contributed by atoms with Crippen LogP contribution in [0.15, 0.2) is 42.1 Å². The fourth-order valence-electron chi connectivity index (χ4n) is 4.52. The maximum atomic E-state index is 13.7. The lowest BCUT2D eigenvalue weighted by Gasteiger charge is -2.36. The van der Waals surface area contributed by atoms with Crippen LogP contribution < -0.4 is 4.90 Å². The fourth-order valence-corrected chi connectivity index (χ4v) is 4.75. The van der Waals surface area contributed by atoms with Gasteiger partial charge >= 0.3 is 0 Å². The molecule has 0 N–H and O–H groups in total. The number of likely N-dealkylation sites (N-methyl/N-ethyl adjacent to an activating group) is 1. The summed E-state index contributed by atoms with van der Waals surface area (Å²) in [6.45, 7) is 12.2. The fraction of sp³-hybridized carbons (Fsp3) is 0.360. The lowest BCUT2D eigenvalue weighted by Crippen LogP contribution is -2.47. The number of halogens is 1. The highest BCUT2D eigenvalue weighted by Crippen LogP contribution is 2.38. The first-order chi connectivity index (χ1) is 14.8. The van der Waals surface area contributed by atoms with Crippen molar-refractivity contribution in [1.82, 2.24) is 9.80 Å². The van der Waals surface area contributed by atoms with E-state index in [0.29, 0.717) is 22.0 Å². The van der Waals surface area contributed by atoms with Crippen LogP contribution >= 0.6 is 11.6 Å². The van der Waals surface area contributed by atoms with Gasteiger partial charge in [-0.2, -0.15) is 0 Å². The standard InChI is InChI=1S/C25H28ClN3O2/c1-5-27-10-12-28(13-11-27)23-22(20-8-6-16(2)14-17(20)3)24(30)29(25(23)31)21-9-7-19(26)15-18(21)4/h6-9,14-15H,5,10-13H2,1-4H3. The first-order valence-corrected chi connectivity index (χ1v) is 11.1. The van der Waals surface area contributed by atoms with E-state index in [1.54, 1.807) is 18.2 Å². The minimum Gasteiger partial charge on any atom is -0.364 e. The van der Waals surface area contributed by atoms with Crippen molar-refractivity contribution in [2.45, 2.75) is 27.7 Å². The van der Waals surface area contributed by atoms with Crippen LogP contribution in [-0.4, -0.2) is 54.3 Å². The molecule has 2 aromatic rings. The predicted octanol–water partition coefficient (Wildman–Crippen LogP) is 4.19. The Morgan fingerprint density at radius 3 is 2.19 bits per heavy atom. The summed E-state index contributed by atoms with van der Waals surface area (Å²) in [7, 11) is 0. The molecule has 0 aliphatic carbocycles. The van der Waals surface area contributed by atoms with Gasteiger partial charge in [0.25, 0.3) is 11.8 Å². The molecule has 31 heavy (non-hydrogen) atoms. The second kappa shape index (κ2) is 8.48. The SMILES string of the molecule is CCN1CCN(C2=C(c3ccc(C)cc3C)C(=O)N(c3ccc(Cl)cc3C)C2=O)CC1. The van der Waals surface area contributed by atoms with Crippen LogP contribution in [0.3, 0.4) is 0 Å².